The van der Waals surface area contributed by atoms with Crippen LogP contribution in [0.25, 0.3) is 0 Å². The number of benzene rings is 1. The Morgan fingerprint density at radius 1 is 1.44 bits per heavy atom. The van der Waals surface area contributed by atoms with Crippen molar-refractivity contribution in [3.8, 4) is 0 Å². The van der Waals surface area contributed by atoms with Gasteiger partial charge in [0.25, 0.3) is 0 Å². The zero-order valence-electron chi connectivity index (χ0n) is 9.16. The van der Waals surface area contributed by atoms with E-state index in [4.69, 9.17) is 5.41 Å². The Morgan fingerprint density at radius 2 is 2.31 bits per heavy atom. The maximum Gasteiger partial charge on any atom is 0.166 e. The molecule has 1 N–H and O–H groups in total. The van der Waals surface area contributed by atoms with Gasteiger partial charge in [0.2, 0.25) is 0 Å². The lowest BCUT2D eigenvalue weighted by molar-refractivity contribution is 0.552. The van der Waals surface area contributed by atoms with Gasteiger partial charge in [0.15, 0.2) is 5.17 Å². The number of fused-ring (bicyclic) bond motifs is 3. The van der Waals surface area contributed by atoms with Crippen LogP contribution in [0.4, 0.5) is 0 Å². The molecule has 0 radical (unpaired) electrons. The second-order valence-corrected chi connectivity index (χ2v) is 5.15. The topological polar surface area (TPSA) is 39.5 Å². The molecule has 0 atom stereocenters. The zero-order chi connectivity index (χ0) is 11.1. The summed E-state index contributed by atoms with van der Waals surface area (Å²) in [5.74, 6) is 0.991. The number of rotatable bonds is 0. The maximum absolute atomic E-state index is 8.02. The number of hydrogen-bond acceptors (Lipinski definition) is 3. The van der Waals surface area contributed by atoms with Crippen LogP contribution < -0.4 is 0 Å². The largest absolute Gasteiger partial charge is 0.305 e. The molecular formula is C12H13N3S. The third-order valence-corrected chi connectivity index (χ3v) is 3.86. The molecule has 82 valence electrons. The van der Waals surface area contributed by atoms with Crippen LogP contribution >= 0.6 is 11.8 Å². The quantitative estimate of drug-likeness (QED) is 0.745. The lowest BCUT2D eigenvalue weighted by Gasteiger charge is -2.34. The first-order valence-electron chi connectivity index (χ1n) is 5.45. The van der Waals surface area contributed by atoms with Crippen molar-refractivity contribution in [2.75, 3.05) is 13.1 Å². The standard InChI is InChI=1S/C12H13N3S/c1-8-3-4-9-10(7-8)16-12(13)15-6-2-5-14-11(9)15/h3-4,7,13H,2,5-6H2,1H3. The van der Waals surface area contributed by atoms with Gasteiger partial charge in [0.05, 0.1) is 0 Å². The molecule has 16 heavy (non-hydrogen) atoms. The molecule has 0 aliphatic carbocycles. The van der Waals surface area contributed by atoms with Crippen LogP contribution in [-0.4, -0.2) is 29.0 Å². The minimum atomic E-state index is 0.608. The van der Waals surface area contributed by atoms with Gasteiger partial charge in [-0.3, -0.25) is 10.4 Å². The van der Waals surface area contributed by atoms with Crippen LogP contribution in [0.2, 0.25) is 0 Å². The Bertz CT molecular complexity index is 493. The van der Waals surface area contributed by atoms with Crippen molar-refractivity contribution in [2.45, 2.75) is 18.2 Å². The van der Waals surface area contributed by atoms with E-state index in [1.165, 1.54) is 16.0 Å². The number of nitrogens with zero attached hydrogens (tertiary/aromatic N) is 2. The van der Waals surface area contributed by atoms with Gasteiger partial charge in [-0.25, -0.2) is 0 Å². The summed E-state index contributed by atoms with van der Waals surface area (Å²) in [5.41, 5.74) is 2.43. The average Bonchev–Trinajstić information content (AvgIpc) is 2.29. The van der Waals surface area contributed by atoms with Crippen molar-refractivity contribution in [1.82, 2.24) is 4.90 Å². The van der Waals surface area contributed by atoms with Crippen molar-refractivity contribution in [1.29, 1.82) is 5.41 Å². The van der Waals surface area contributed by atoms with Gasteiger partial charge < -0.3 is 4.90 Å². The van der Waals surface area contributed by atoms with Gasteiger partial charge in [0.1, 0.15) is 5.84 Å². The van der Waals surface area contributed by atoms with Crippen molar-refractivity contribution < 1.29 is 0 Å². The third-order valence-electron chi connectivity index (χ3n) is 2.89. The molecule has 0 amide bonds. The highest BCUT2D eigenvalue weighted by Crippen LogP contribution is 2.33. The fourth-order valence-corrected chi connectivity index (χ4v) is 3.10. The van der Waals surface area contributed by atoms with Crippen molar-refractivity contribution in [2.24, 2.45) is 4.99 Å². The van der Waals surface area contributed by atoms with E-state index in [1.807, 2.05) is 4.90 Å². The van der Waals surface area contributed by atoms with E-state index in [1.54, 1.807) is 11.8 Å². The van der Waals surface area contributed by atoms with Gasteiger partial charge in [-0.1, -0.05) is 17.8 Å². The summed E-state index contributed by atoms with van der Waals surface area (Å²) in [5, 5.41) is 8.63. The van der Waals surface area contributed by atoms with E-state index in [2.05, 4.69) is 30.1 Å². The Kier molecular flexibility index (Phi) is 2.24. The zero-order valence-corrected chi connectivity index (χ0v) is 9.97. The molecule has 3 rings (SSSR count). The first-order valence-corrected chi connectivity index (χ1v) is 6.27. The number of nitrogens with one attached hydrogen (secondary N) is 1. The molecule has 0 spiro atoms. The molecule has 4 heteroatoms. The summed E-state index contributed by atoms with van der Waals surface area (Å²) in [6, 6.07) is 6.38. The van der Waals surface area contributed by atoms with Crippen molar-refractivity contribution in [3.05, 3.63) is 29.3 Å². The number of thioether (sulfide) groups is 1. The molecule has 2 aliphatic heterocycles. The van der Waals surface area contributed by atoms with Gasteiger partial charge in [-0.15, -0.1) is 0 Å². The van der Waals surface area contributed by atoms with Crippen LogP contribution in [0, 0.1) is 12.3 Å². The minimum absolute atomic E-state index is 0.608. The Morgan fingerprint density at radius 3 is 3.19 bits per heavy atom. The lowest BCUT2D eigenvalue weighted by Crippen LogP contribution is -2.42. The van der Waals surface area contributed by atoms with Crippen molar-refractivity contribution in [3.63, 3.8) is 0 Å². The molecule has 0 aromatic heterocycles. The predicted octanol–water partition coefficient (Wildman–Crippen LogP) is 2.49. The third kappa shape index (κ3) is 1.45. The highest BCUT2D eigenvalue weighted by Gasteiger charge is 2.28. The van der Waals surface area contributed by atoms with Crippen LogP contribution in [0.15, 0.2) is 28.1 Å². The van der Waals surface area contributed by atoms with Gasteiger partial charge in [0, 0.05) is 23.5 Å². The summed E-state index contributed by atoms with van der Waals surface area (Å²) in [4.78, 5) is 7.75. The average molecular weight is 231 g/mol. The number of amidine groups is 2. The van der Waals surface area contributed by atoms with Crippen LogP contribution in [0.5, 0.6) is 0 Å². The Labute approximate surface area is 99.1 Å². The van der Waals surface area contributed by atoms with E-state index in [0.717, 1.165) is 25.3 Å². The molecule has 3 nitrogen and oxygen atoms in total. The first kappa shape index (κ1) is 9.90. The van der Waals surface area contributed by atoms with E-state index >= 15 is 0 Å². The molecule has 2 heterocycles. The monoisotopic (exact) mass is 231 g/mol. The molecular weight excluding hydrogens is 218 g/mol. The van der Waals surface area contributed by atoms with Crippen LogP contribution in [0.1, 0.15) is 17.5 Å². The molecule has 0 bridgehead atoms. The minimum Gasteiger partial charge on any atom is -0.305 e. The number of aryl methyl sites for hydroxylation is 1. The first-order chi connectivity index (χ1) is 7.75. The lowest BCUT2D eigenvalue weighted by atomic mass is 10.1. The molecule has 0 unspecified atom stereocenters. The van der Waals surface area contributed by atoms with Gasteiger partial charge in [-0.2, -0.15) is 0 Å². The summed E-state index contributed by atoms with van der Waals surface area (Å²) in [6.45, 7) is 3.90. The summed E-state index contributed by atoms with van der Waals surface area (Å²) in [7, 11) is 0. The highest BCUT2D eigenvalue weighted by molar-refractivity contribution is 8.14. The molecule has 1 aromatic rings. The predicted molar refractivity (Wildman–Crippen MR) is 67.5 cm³/mol. The Hall–Kier alpha value is -1.29. The van der Waals surface area contributed by atoms with E-state index in [0.29, 0.717) is 5.17 Å². The molecule has 0 saturated heterocycles. The fourth-order valence-electron chi connectivity index (χ4n) is 2.09. The van der Waals surface area contributed by atoms with E-state index < -0.39 is 0 Å². The Balaban J connectivity index is 2.16. The SMILES string of the molecule is Cc1ccc2c(c1)SC(=N)N1CCCN=C21. The van der Waals surface area contributed by atoms with Gasteiger partial charge in [-0.05, 0) is 31.0 Å². The smallest absolute Gasteiger partial charge is 0.166 e. The second kappa shape index (κ2) is 3.63. The van der Waals surface area contributed by atoms with E-state index in [9.17, 15) is 0 Å². The number of hydrogen-bond donors (Lipinski definition) is 1. The molecule has 0 saturated carbocycles. The van der Waals surface area contributed by atoms with Crippen LogP contribution in [-0.2, 0) is 0 Å². The highest BCUT2D eigenvalue weighted by atomic mass is 32.2. The number of aliphatic imine (C=N–C) groups is 1. The molecule has 1 aromatic carbocycles. The normalized spacial score (nSPS) is 18.9. The molecule has 2 aliphatic rings. The summed E-state index contributed by atoms with van der Waals surface area (Å²) >= 11 is 1.54. The van der Waals surface area contributed by atoms with E-state index in [-0.39, 0.29) is 0 Å². The fraction of sp³-hybridized carbons (Fsp3) is 0.333. The second-order valence-electron chi connectivity index (χ2n) is 4.12. The molecule has 0 fully saturated rings. The van der Waals surface area contributed by atoms with Crippen molar-refractivity contribution >= 4 is 22.8 Å². The summed E-state index contributed by atoms with van der Waals surface area (Å²) < 4.78 is 0. The maximum atomic E-state index is 8.02. The summed E-state index contributed by atoms with van der Waals surface area (Å²) in [6.07, 6.45) is 1.05. The van der Waals surface area contributed by atoms with Gasteiger partial charge >= 0.3 is 0 Å². The van der Waals surface area contributed by atoms with Crippen LogP contribution in [0.3, 0.4) is 0 Å².